The normalized spacial score (nSPS) is 12.2. The molecule has 4 nitrogen and oxygen atoms in total. The van der Waals surface area contributed by atoms with Gasteiger partial charge in [-0.15, -0.1) is 12.3 Å². The largest absolute Gasteiger partial charge is 0.462 e. The second kappa shape index (κ2) is 7.36. The highest BCUT2D eigenvalue weighted by Crippen LogP contribution is 1.92. The molecule has 80 valence electrons. The number of ether oxygens (including phenoxy) is 2. The number of esters is 1. The van der Waals surface area contributed by atoms with Gasteiger partial charge in [0.05, 0.1) is 12.7 Å². The molecular weight excluding hydrogens is 182 g/mol. The van der Waals surface area contributed by atoms with Crippen molar-refractivity contribution >= 4 is 5.97 Å². The number of hydrogen-bond donors (Lipinski definition) is 1. The molecule has 0 aliphatic carbocycles. The van der Waals surface area contributed by atoms with Crippen LogP contribution >= 0.6 is 0 Å². The summed E-state index contributed by atoms with van der Waals surface area (Å²) >= 11 is 0. The predicted molar refractivity (Wildman–Crippen MR) is 53.5 cm³/mol. The quantitative estimate of drug-likeness (QED) is 0.380. The van der Waals surface area contributed by atoms with Crippen LogP contribution in [0, 0.1) is 12.3 Å². The molecule has 1 atom stereocenters. The van der Waals surface area contributed by atoms with Crippen LogP contribution in [0.3, 0.4) is 0 Å². The maximum absolute atomic E-state index is 11.1. The van der Waals surface area contributed by atoms with Gasteiger partial charge in [0.1, 0.15) is 12.6 Å². The number of terminal acetylenes is 1. The van der Waals surface area contributed by atoms with E-state index in [0.29, 0.717) is 6.61 Å². The highest BCUT2D eigenvalue weighted by Gasteiger charge is 2.12. The monoisotopic (exact) mass is 199 g/mol. The Bertz CT molecular complexity index is 208. The molecular formula is C10H17NO3. The molecule has 4 heteroatoms. The minimum atomic E-state index is -0.723. The zero-order valence-corrected chi connectivity index (χ0v) is 8.66. The Labute approximate surface area is 84.8 Å². The van der Waals surface area contributed by atoms with Crippen LogP contribution in [0.2, 0.25) is 0 Å². The van der Waals surface area contributed by atoms with E-state index in [2.05, 4.69) is 5.92 Å². The third-order valence-corrected chi connectivity index (χ3v) is 1.42. The molecule has 2 N–H and O–H groups in total. The maximum Gasteiger partial charge on any atom is 0.323 e. The summed E-state index contributed by atoms with van der Waals surface area (Å²) in [5.41, 5.74) is 5.41. The molecule has 0 rings (SSSR count). The van der Waals surface area contributed by atoms with E-state index in [1.54, 1.807) is 0 Å². The molecule has 0 bridgehead atoms. The lowest BCUT2D eigenvalue weighted by atomic mass is 10.2. The Morgan fingerprint density at radius 2 is 2.14 bits per heavy atom. The number of carbonyl (C=O) groups excluding carboxylic acids is 1. The van der Waals surface area contributed by atoms with Crippen LogP contribution < -0.4 is 5.73 Å². The van der Waals surface area contributed by atoms with Crippen LogP contribution in [0.1, 0.15) is 20.3 Å². The standard InChI is InChI=1S/C10H17NO3/c1-4-5-9(11)10(12)14-7-6-13-8(2)3/h1,8-9H,5-7,11H2,2-3H3. The van der Waals surface area contributed by atoms with Gasteiger partial charge in [0.25, 0.3) is 0 Å². The van der Waals surface area contributed by atoms with Crippen LogP contribution in [0.4, 0.5) is 0 Å². The molecule has 0 aliphatic rings. The first-order valence-corrected chi connectivity index (χ1v) is 4.55. The van der Waals surface area contributed by atoms with Crippen molar-refractivity contribution in [2.45, 2.75) is 32.4 Å². The van der Waals surface area contributed by atoms with Crippen molar-refractivity contribution in [3.63, 3.8) is 0 Å². The molecule has 1 unspecified atom stereocenters. The van der Waals surface area contributed by atoms with Gasteiger partial charge in [0, 0.05) is 6.42 Å². The van der Waals surface area contributed by atoms with E-state index in [-0.39, 0.29) is 19.1 Å². The first-order chi connectivity index (χ1) is 6.57. The highest BCUT2D eigenvalue weighted by molar-refractivity contribution is 5.75. The summed E-state index contributed by atoms with van der Waals surface area (Å²) < 4.78 is 10.00. The van der Waals surface area contributed by atoms with Gasteiger partial charge in [-0.1, -0.05) is 0 Å². The van der Waals surface area contributed by atoms with Crippen LogP contribution in [0.15, 0.2) is 0 Å². The third-order valence-electron chi connectivity index (χ3n) is 1.42. The fourth-order valence-corrected chi connectivity index (χ4v) is 0.743. The lowest BCUT2D eigenvalue weighted by Gasteiger charge is -2.10. The van der Waals surface area contributed by atoms with E-state index in [1.807, 2.05) is 13.8 Å². The fourth-order valence-electron chi connectivity index (χ4n) is 0.743. The van der Waals surface area contributed by atoms with E-state index in [0.717, 1.165) is 0 Å². The Hall–Kier alpha value is -1.05. The van der Waals surface area contributed by atoms with Gasteiger partial charge in [-0.05, 0) is 13.8 Å². The first kappa shape index (κ1) is 12.9. The van der Waals surface area contributed by atoms with Crippen molar-refractivity contribution < 1.29 is 14.3 Å². The summed E-state index contributed by atoms with van der Waals surface area (Å²) in [5, 5.41) is 0. The molecule has 0 spiro atoms. The van der Waals surface area contributed by atoms with Gasteiger partial charge in [-0.2, -0.15) is 0 Å². The Balaban J connectivity index is 3.50. The first-order valence-electron chi connectivity index (χ1n) is 4.55. The van der Waals surface area contributed by atoms with Gasteiger partial charge < -0.3 is 15.2 Å². The Morgan fingerprint density at radius 1 is 1.50 bits per heavy atom. The van der Waals surface area contributed by atoms with Crippen LogP contribution in [-0.4, -0.2) is 31.3 Å². The second-order valence-electron chi connectivity index (χ2n) is 3.10. The van der Waals surface area contributed by atoms with Gasteiger partial charge in [0.2, 0.25) is 0 Å². The Morgan fingerprint density at radius 3 is 2.64 bits per heavy atom. The third kappa shape index (κ3) is 6.46. The number of carbonyl (C=O) groups is 1. The van der Waals surface area contributed by atoms with Crippen molar-refractivity contribution in [2.75, 3.05) is 13.2 Å². The maximum atomic E-state index is 11.1. The lowest BCUT2D eigenvalue weighted by molar-refractivity contribution is -0.147. The summed E-state index contributed by atoms with van der Waals surface area (Å²) in [5.74, 6) is 1.82. The van der Waals surface area contributed by atoms with Crippen molar-refractivity contribution in [2.24, 2.45) is 5.73 Å². The van der Waals surface area contributed by atoms with Crippen molar-refractivity contribution in [3.8, 4) is 12.3 Å². The minimum absolute atomic E-state index is 0.132. The molecule has 0 heterocycles. The summed E-state index contributed by atoms with van der Waals surface area (Å²) in [6.45, 7) is 4.42. The van der Waals surface area contributed by atoms with E-state index in [4.69, 9.17) is 21.6 Å². The Kier molecular flexibility index (Phi) is 6.81. The topological polar surface area (TPSA) is 61.6 Å². The number of nitrogens with two attached hydrogens (primary N) is 1. The van der Waals surface area contributed by atoms with E-state index >= 15 is 0 Å². The molecule has 14 heavy (non-hydrogen) atoms. The molecule has 0 aromatic rings. The summed E-state index contributed by atoms with van der Waals surface area (Å²) in [7, 11) is 0. The SMILES string of the molecule is C#CCC(N)C(=O)OCCOC(C)C. The zero-order chi connectivity index (χ0) is 11.0. The average molecular weight is 199 g/mol. The van der Waals surface area contributed by atoms with Crippen LogP contribution in [-0.2, 0) is 14.3 Å². The molecule has 0 fully saturated rings. The van der Waals surface area contributed by atoms with Gasteiger partial charge in [0.15, 0.2) is 0 Å². The summed E-state index contributed by atoms with van der Waals surface area (Å²) in [6.07, 6.45) is 5.33. The molecule has 0 aromatic heterocycles. The zero-order valence-electron chi connectivity index (χ0n) is 8.66. The molecule has 0 saturated carbocycles. The van der Waals surface area contributed by atoms with Gasteiger partial charge >= 0.3 is 5.97 Å². The molecule has 0 aromatic carbocycles. The van der Waals surface area contributed by atoms with E-state index in [1.165, 1.54) is 0 Å². The van der Waals surface area contributed by atoms with Crippen molar-refractivity contribution in [1.82, 2.24) is 0 Å². The molecule has 0 aliphatic heterocycles. The highest BCUT2D eigenvalue weighted by atomic mass is 16.6. The minimum Gasteiger partial charge on any atom is -0.462 e. The fraction of sp³-hybridized carbons (Fsp3) is 0.700. The van der Waals surface area contributed by atoms with Crippen molar-refractivity contribution in [1.29, 1.82) is 0 Å². The van der Waals surface area contributed by atoms with Gasteiger partial charge in [-0.25, -0.2) is 0 Å². The van der Waals surface area contributed by atoms with Crippen molar-refractivity contribution in [3.05, 3.63) is 0 Å². The molecule has 0 saturated heterocycles. The summed E-state index contributed by atoms with van der Waals surface area (Å²) in [4.78, 5) is 11.1. The van der Waals surface area contributed by atoms with E-state index < -0.39 is 12.0 Å². The molecule has 0 radical (unpaired) electrons. The molecule has 0 amide bonds. The van der Waals surface area contributed by atoms with Gasteiger partial charge in [-0.3, -0.25) is 4.79 Å². The number of hydrogen-bond acceptors (Lipinski definition) is 4. The smallest absolute Gasteiger partial charge is 0.323 e. The number of rotatable bonds is 6. The summed E-state index contributed by atoms with van der Waals surface area (Å²) in [6, 6.07) is -0.723. The average Bonchev–Trinajstić information content (AvgIpc) is 2.12. The van der Waals surface area contributed by atoms with Crippen LogP contribution in [0.25, 0.3) is 0 Å². The van der Waals surface area contributed by atoms with E-state index in [9.17, 15) is 4.79 Å². The second-order valence-corrected chi connectivity index (χ2v) is 3.10. The van der Waals surface area contributed by atoms with Crippen LogP contribution in [0.5, 0.6) is 0 Å². The predicted octanol–water partition coefficient (Wildman–Crippen LogP) is 0.305. The lowest BCUT2D eigenvalue weighted by Crippen LogP contribution is -2.32.